The smallest absolute Gasteiger partial charge is 0.271 e. The molecule has 146 valence electrons. The molecule has 1 atom stereocenters. The monoisotopic (exact) mass is 385 g/mol. The zero-order valence-corrected chi connectivity index (χ0v) is 16.6. The summed E-state index contributed by atoms with van der Waals surface area (Å²) in [6, 6.07) is 26.7. The van der Waals surface area contributed by atoms with E-state index < -0.39 is 5.72 Å². The van der Waals surface area contributed by atoms with Crippen molar-refractivity contribution in [3.63, 3.8) is 0 Å². The second kappa shape index (κ2) is 7.05. The molecule has 0 unspecified atom stereocenters. The molecule has 0 amide bonds. The van der Waals surface area contributed by atoms with Gasteiger partial charge in [-0.3, -0.25) is 0 Å². The van der Waals surface area contributed by atoms with Gasteiger partial charge in [-0.05, 0) is 47.9 Å². The zero-order chi connectivity index (χ0) is 19.8. The van der Waals surface area contributed by atoms with Crippen LogP contribution in [0.5, 0.6) is 5.75 Å². The van der Waals surface area contributed by atoms with Gasteiger partial charge in [0.25, 0.3) is 11.6 Å². The largest absolute Gasteiger partial charge is 0.497 e. The van der Waals surface area contributed by atoms with E-state index in [1.807, 2.05) is 30.3 Å². The summed E-state index contributed by atoms with van der Waals surface area (Å²) in [7, 11) is 1.66. The summed E-state index contributed by atoms with van der Waals surface area (Å²) in [5.41, 5.74) is 3.52. The Morgan fingerprint density at radius 2 is 1.66 bits per heavy atom. The molecule has 0 bridgehead atoms. The van der Waals surface area contributed by atoms with Crippen molar-refractivity contribution in [2.75, 3.05) is 18.6 Å². The Bertz CT molecular complexity index is 1060. The summed E-state index contributed by atoms with van der Waals surface area (Å²) in [5.74, 6) is 1.98. The predicted octanol–water partition coefficient (Wildman–Crippen LogP) is 3.92. The van der Waals surface area contributed by atoms with Gasteiger partial charge in [0, 0.05) is 5.56 Å². The van der Waals surface area contributed by atoms with E-state index in [0.717, 1.165) is 24.2 Å². The number of methoxy groups -OCH3 is 1. The Morgan fingerprint density at radius 3 is 2.41 bits per heavy atom. The Hall–Kier alpha value is -3.11. The number of amidine groups is 1. The van der Waals surface area contributed by atoms with Gasteiger partial charge in [-0.1, -0.05) is 48.5 Å². The Balaban J connectivity index is 1.63. The molecule has 0 radical (unpaired) electrons. The van der Waals surface area contributed by atoms with Crippen LogP contribution < -0.4 is 9.64 Å². The van der Waals surface area contributed by atoms with E-state index in [0.29, 0.717) is 13.1 Å². The minimum Gasteiger partial charge on any atom is -0.497 e. The molecule has 0 spiro atoms. The Kier molecular flexibility index (Phi) is 4.36. The number of nitrogens with zero attached hydrogens (tertiary/aromatic N) is 2. The van der Waals surface area contributed by atoms with Crippen LogP contribution in [0, 0.1) is 0 Å². The number of para-hydroxylation sites is 1. The Labute approximate surface area is 171 Å². The van der Waals surface area contributed by atoms with E-state index >= 15 is 0 Å². The second-order valence-electron chi connectivity index (χ2n) is 7.75. The quantitative estimate of drug-likeness (QED) is 0.692. The summed E-state index contributed by atoms with van der Waals surface area (Å²) < 4.78 is 7.50. The van der Waals surface area contributed by atoms with Crippen LogP contribution in [0.1, 0.15) is 23.1 Å². The van der Waals surface area contributed by atoms with Crippen molar-refractivity contribution in [2.45, 2.75) is 25.1 Å². The van der Waals surface area contributed by atoms with Crippen LogP contribution in [0.4, 0.5) is 5.69 Å². The number of hydrogen-bond donors (Lipinski definition) is 1. The lowest BCUT2D eigenvalue weighted by Crippen LogP contribution is -2.40. The molecule has 0 saturated heterocycles. The van der Waals surface area contributed by atoms with Crippen molar-refractivity contribution >= 4 is 11.5 Å². The number of anilines is 1. The van der Waals surface area contributed by atoms with Gasteiger partial charge >= 0.3 is 0 Å². The van der Waals surface area contributed by atoms with Crippen molar-refractivity contribution in [1.29, 1.82) is 0 Å². The first kappa shape index (κ1) is 18.0. The van der Waals surface area contributed by atoms with Gasteiger partial charge in [0.15, 0.2) is 6.54 Å². The molecule has 4 heteroatoms. The van der Waals surface area contributed by atoms with E-state index in [9.17, 15) is 5.11 Å². The van der Waals surface area contributed by atoms with E-state index in [-0.39, 0.29) is 0 Å². The minimum absolute atomic E-state index is 0.512. The molecule has 5 rings (SSSR count). The van der Waals surface area contributed by atoms with Crippen molar-refractivity contribution < 1.29 is 14.4 Å². The summed E-state index contributed by atoms with van der Waals surface area (Å²) in [5, 5.41) is 12.0. The summed E-state index contributed by atoms with van der Waals surface area (Å²) in [6.45, 7) is 1.18. The average molecular weight is 385 g/mol. The number of aliphatic hydroxyl groups is 1. The van der Waals surface area contributed by atoms with Crippen LogP contribution in [-0.2, 0) is 18.7 Å². The SMILES string of the molecule is COc1ccc([C@@]2(O)CN3C(=[N+]2Cc2ccccc2)CCc2ccccc23)cc1. The van der Waals surface area contributed by atoms with Gasteiger partial charge in [0.2, 0.25) is 0 Å². The maximum atomic E-state index is 12.0. The number of rotatable bonds is 4. The molecule has 2 heterocycles. The van der Waals surface area contributed by atoms with Gasteiger partial charge in [0.05, 0.1) is 13.5 Å². The van der Waals surface area contributed by atoms with E-state index in [1.54, 1.807) is 7.11 Å². The molecule has 2 aliphatic heterocycles. The molecule has 0 saturated carbocycles. The first-order chi connectivity index (χ1) is 14.2. The molecule has 29 heavy (non-hydrogen) atoms. The van der Waals surface area contributed by atoms with Crippen LogP contribution in [0.25, 0.3) is 0 Å². The lowest BCUT2D eigenvalue weighted by molar-refractivity contribution is -0.671. The van der Waals surface area contributed by atoms with E-state index in [4.69, 9.17) is 4.74 Å². The van der Waals surface area contributed by atoms with Gasteiger partial charge in [-0.2, -0.15) is 0 Å². The number of benzene rings is 3. The van der Waals surface area contributed by atoms with Crippen LogP contribution in [-0.4, -0.2) is 29.2 Å². The van der Waals surface area contributed by atoms with Crippen molar-refractivity contribution in [2.24, 2.45) is 0 Å². The van der Waals surface area contributed by atoms with Gasteiger partial charge in [-0.15, -0.1) is 0 Å². The summed E-state index contributed by atoms with van der Waals surface area (Å²) in [6.07, 6.45) is 1.91. The highest BCUT2D eigenvalue weighted by Crippen LogP contribution is 2.39. The van der Waals surface area contributed by atoms with Crippen molar-refractivity contribution in [3.8, 4) is 5.75 Å². The van der Waals surface area contributed by atoms with Gasteiger partial charge in [-0.25, -0.2) is 9.48 Å². The van der Waals surface area contributed by atoms with Gasteiger partial charge < -0.3 is 9.84 Å². The molecule has 0 aliphatic carbocycles. The fourth-order valence-corrected chi connectivity index (χ4v) is 4.58. The van der Waals surface area contributed by atoms with Crippen LogP contribution in [0.15, 0.2) is 78.9 Å². The maximum absolute atomic E-state index is 12.0. The van der Waals surface area contributed by atoms with Gasteiger partial charge in [0.1, 0.15) is 18.0 Å². The number of hydrogen-bond acceptors (Lipinski definition) is 3. The average Bonchev–Trinajstić information content (AvgIpc) is 3.07. The molecule has 1 N–H and O–H groups in total. The minimum atomic E-state index is -1.10. The standard InChI is InChI=1S/C25H25N2O2/c1-29-22-14-12-21(13-15-22)25(28)18-26-23-10-6-5-9-20(23)11-16-24(26)27(25)17-19-7-3-2-4-8-19/h2-10,12-15,28H,11,16-18H2,1H3/q+1/t25-/m0/s1. The number of aryl methyl sites for hydroxylation is 1. The third kappa shape index (κ3) is 3.00. The molecule has 4 nitrogen and oxygen atoms in total. The first-order valence-electron chi connectivity index (χ1n) is 10.1. The summed E-state index contributed by atoms with van der Waals surface area (Å²) >= 11 is 0. The predicted molar refractivity (Wildman–Crippen MR) is 114 cm³/mol. The van der Waals surface area contributed by atoms with Crippen LogP contribution in [0.3, 0.4) is 0 Å². The lowest BCUT2D eigenvalue weighted by atomic mass is 10.00. The maximum Gasteiger partial charge on any atom is 0.271 e. The van der Waals surface area contributed by atoms with Crippen molar-refractivity contribution in [3.05, 3.63) is 95.6 Å². The highest BCUT2D eigenvalue weighted by molar-refractivity contribution is 5.98. The van der Waals surface area contributed by atoms with E-state index in [1.165, 1.54) is 22.6 Å². The summed E-state index contributed by atoms with van der Waals surface area (Å²) in [4.78, 5) is 2.30. The fraction of sp³-hybridized carbons (Fsp3) is 0.240. The highest BCUT2D eigenvalue weighted by atomic mass is 16.5. The number of ether oxygens (including phenoxy) is 1. The Morgan fingerprint density at radius 1 is 0.931 bits per heavy atom. The topological polar surface area (TPSA) is 35.7 Å². The fourth-order valence-electron chi connectivity index (χ4n) is 4.58. The molecule has 2 aliphatic rings. The normalized spacial score (nSPS) is 20.4. The van der Waals surface area contributed by atoms with Crippen LogP contribution in [0.2, 0.25) is 0 Å². The third-order valence-electron chi connectivity index (χ3n) is 6.08. The first-order valence-corrected chi connectivity index (χ1v) is 10.1. The lowest BCUT2D eigenvalue weighted by Gasteiger charge is -2.24. The highest BCUT2D eigenvalue weighted by Gasteiger charge is 2.53. The zero-order valence-electron chi connectivity index (χ0n) is 16.6. The number of fused-ring (bicyclic) bond motifs is 3. The molecule has 0 aromatic heterocycles. The molecular formula is C25H25N2O2+. The molecule has 3 aromatic rings. The third-order valence-corrected chi connectivity index (χ3v) is 6.08. The van der Waals surface area contributed by atoms with Crippen molar-refractivity contribution in [1.82, 2.24) is 0 Å². The molecule has 3 aromatic carbocycles. The molecular weight excluding hydrogens is 360 g/mol. The van der Waals surface area contributed by atoms with Crippen LogP contribution >= 0.6 is 0 Å². The molecule has 0 fully saturated rings. The van der Waals surface area contributed by atoms with E-state index in [2.05, 4.69) is 58.0 Å². The second-order valence-corrected chi connectivity index (χ2v) is 7.75.